The fraction of sp³-hybridized carbons (Fsp3) is 0.125. The monoisotopic (exact) mass is 439 g/mol. The van der Waals surface area contributed by atoms with E-state index in [2.05, 4.69) is 10.1 Å². The van der Waals surface area contributed by atoms with Gasteiger partial charge in [0, 0.05) is 22.9 Å². The molecule has 0 saturated heterocycles. The molecule has 1 heterocycles. The van der Waals surface area contributed by atoms with Gasteiger partial charge in [-0.25, -0.2) is 0 Å². The molecule has 1 amide bonds. The molecule has 0 atom stereocenters. The van der Waals surface area contributed by atoms with E-state index in [1.165, 1.54) is 44.6 Å². The summed E-state index contributed by atoms with van der Waals surface area (Å²) in [5.74, 6) is 0.115. The maximum atomic E-state index is 12.5. The highest BCUT2D eigenvalue weighted by atomic mass is 19.3. The smallest absolute Gasteiger partial charge is 0.387 e. The fourth-order valence-electron chi connectivity index (χ4n) is 3.35. The number of halogens is 2. The minimum absolute atomic E-state index is 0.0898. The minimum Gasteiger partial charge on any atom is -0.495 e. The van der Waals surface area contributed by atoms with Crippen molar-refractivity contribution in [1.82, 2.24) is 0 Å². The number of carbonyl (C=O) groups is 1. The van der Waals surface area contributed by atoms with E-state index in [-0.39, 0.29) is 11.5 Å². The molecule has 0 bridgehead atoms. The lowest BCUT2D eigenvalue weighted by Gasteiger charge is -2.10. The van der Waals surface area contributed by atoms with Gasteiger partial charge in [-0.2, -0.15) is 8.78 Å². The number of hydrogen-bond donors (Lipinski definition) is 1. The molecule has 1 aromatic heterocycles. The number of ether oxygens (including phenoxy) is 3. The highest BCUT2D eigenvalue weighted by Gasteiger charge is 2.14. The number of furan rings is 1. The normalized spacial score (nSPS) is 11.4. The summed E-state index contributed by atoms with van der Waals surface area (Å²) in [7, 11) is 2.86. The Hall–Kier alpha value is -4.07. The van der Waals surface area contributed by atoms with Crippen molar-refractivity contribution in [2.75, 3.05) is 19.5 Å². The first kappa shape index (κ1) is 21.2. The van der Waals surface area contributed by atoms with Gasteiger partial charge in [0.15, 0.2) is 11.5 Å². The summed E-state index contributed by atoms with van der Waals surface area (Å²) in [6.45, 7) is -2.96. The van der Waals surface area contributed by atoms with Gasteiger partial charge in [0.1, 0.15) is 16.9 Å². The Morgan fingerprint density at radius 3 is 2.47 bits per heavy atom. The number of anilines is 1. The van der Waals surface area contributed by atoms with Gasteiger partial charge in [-0.15, -0.1) is 0 Å². The molecule has 4 aromatic rings. The number of alkyl halides is 2. The topological polar surface area (TPSA) is 69.9 Å². The second-order valence-electron chi connectivity index (χ2n) is 6.76. The van der Waals surface area contributed by atoms with E-state index in [0.29, 0.717) is 22.6 Å². The van der Waals surface area contributed by atoms with Crippen LogP contribution in [0.1, 0.15) is 5.56 Å². The lowest BCUT2D eigenvalue weighted by molar-refractivity contribution is -0.111. The molecule has 32 heavy (non-hydrogen) atoms. The maximum absolute atomic E-state index is 12.5. The predicted molar refractivity (Wildman–Crippen MR) is 118 cm³/mol. The van der Waals surface area contributed by atoms with Gasteiger partial charge in [0.2, 0.25) is 5.91 Å². The molecular weight excluding hydrogens is 420 g/mol. The van der Waals surface area contributed by atoms with E-state index in [1.54, 1.807) is 6.07 Å². The number of rotatable bonds is 7. The second kappa shape index (κ2) is 8.97. The molecule has 8 heteroatoms. The van der Waals surface area contributed by atoms with E-state index >= 15 is 0 Å². The summed E-state index contributed by atoms with van der Waals surface area (Å²) in [6, 6.07) is 15.5. The summed E-state index contributed by atoms with van der Waals surface area (Å²) in [5.41, 5.74) is 2.37. The average molecular weight is 439 g/mol. The van der Waals surface area contributed by atoms with Gasteiger partial charge in [-0.1, -0.05) is 24.3 Å². The first-order valence-electron chi connectivity index (χ1n) is 9.59. The largest absolute Gasteiger partial charge is 0.495 e. The third-order valence-corrected chi connectivity index (χ3v) is 4.79. The van der Waals surface area contributed by atoms with E-state index < -0.39 is 12.5 Å². The van der Waals surface area contributed by atoms with Crippen LogP contribution in [0.15, 0.2) is 65.1 Å². The zero-order valence-corrected chi connectivity index (χ0v) is 17.2. The SMILES string of the molecule is COc1cc2c(cc1NC(=O)C=Cc1ccc(OC(F)F)c(OC)c1)oc1ccccc12. The van der Waals surface area contributed by atoms with Gasteiger partial charge in [0.25, 0.3) is 0 Å². The molecule has 1 N–H and O–H groups in total. The Morgan fingerprint density at radius 2 is 1.72 bits per heavy atom. The minimum atomic E-state index is -2.96. The van der Waals surface area contributed by atoms with Gasteiger partial charge in [-0.3, -0.25) is 4.79 Å². The molecule has 0 aliphatic carbocycles. The van der Waals surface area contributed by atoms with Crippen molar-refractivity contribution in [3.63, 3.8) is 0 Å². The molecule has 4 rings (SSSR count). The molecule has 0 aliphatic heterocycles. The zero-order chi connectivity index (χ0) is 22.7. The Labute approximate surface area is 182 Å². The molecule has 0 unspecified atom stereocenters. The number of fused-ring (bicyclic) bond motifs is 3. The van der Waals surface area contributed by atoms with Crippen molar-refractivity contribution in [3.8, 4) is 17.2 Å². The lowest BCUT2D eigenvalue weighted by Crippen LogP contribution is -2.09. The molecule has 0 radical (unpaired) electrons. The molecule has 0 saturated carbocycles. The summed E-state index contributed by atoms with van der Waals surface area (Å²) in [4.78, 5) is 12.5. The van der Waals surface area contributed by atoms with Crippen LogP contribution in [0.25, 0.3) is 28.0 Å². The quantitative estimate of drug-likeness (QED) is 0.366. The molecule has 3 aromatic carbocycles. The summed E-state index contributed by atoms with van der Waals surface area (Å²) >= 11 is 0. The van der Waals surface area contributed by atoms with Crippen LogP contribution < -0.4 is 19.5 Å². The first-order chi connectivity index (χ1) is 15.5. The van der Waals surface area contributed by atoms with Crippen molar-refractivity contribution in [3.05, 3.63) is 66.2 Å². The number of amides is 1. The number of benzene rings is 3. The second-order valence-corrected chi connectivity index (χ2v) is 6.76. The van der Waals surface area contributed by atoms with E-state index in [4.69, 9.17) is 13.9 Å². The number of hydrogen-bond acceptors (Lipinski definition) is 5. The summed E-state index contributed by atoms with van der Waals surface area (Å²) < 4.78 is 45.7. The fourth-order valence-corrected chi connectivity index (χ4v) is 3.35. The van der Waals surface area contributed by atoms with Gasteiger partial charge in [0.05, 0.1) is 19.9 Å². The Kier molecular flexibility index (Phi) is 5.93. The van der Waals surface area contributed by atoms with Crippen LogP contribution in [-0.2, 0) is 4.79 Å². The van der Waals surface area contributed by atoms with Crippen LogP contribution in [0.4, 0.5) is 14.5 Å². The number of para-hydroxylation sites is 1. The van der Waals surface area contributed by atoms with E-state index in [0.717, 1.165) is 16.4 Å². The van der Waals surface area contributed by atoms with Crippen LogP contribution in [0.2, 0.25) is 0 Å². The van der Waals surface area contributed by atoms with Crippen molar-refractivity contribution in [2.24, 2.45) is 0 Å². The molecule has 6 nitrogen and oxygen atoms in total. The van der Waals surface area contributed by atoms with Crippen LogP contribution in [0.5, 0.6) is 17.2 Å². The molecule has 0 spiro atoms. The van der Waals surface area contributed by atoms with Crippen molar-refractivity contribution in [2.45, 2.75) is 6.61 Å². The molecule has 164 valence electrons. The van der Waals surface area contributed by atoms with Gasteiger partial charge < -0.3 is 23.9 Å². The van der Waals surface area contributed by atoms with Crippen LogP contribution >= 0.6 is 0 Å². The average Bonchev–Trinajstić information content (AvgIpc) is 3.14. The summed E-state index contributed by atoms with van der Waals surface area (Å²) in [5, 5.41) is 4.60. The highest BCUT2D eigenvalue weighted by molar-refractivity contribution is 6.09. The van der Waals surface area contributed by atoms with Crippen LogP contribution in [0, 0.1) is 0 Å². The Bertz CT molecular complexity index is 1310. The number of methoxy groups -OCH3 is 2. The first-order valence-corrected chi connectivity index (χ1v) is 9.59. The molecular formula is C24H19F2NO5. The van der Waals surface area contributed by atoms with Gasteiger partial charge >= 0.3 is 6.61 Å². The number of carbonyl (C=O) groups excluding carboxylic acids is 1. The number of nitrogens with one attached hydrogen (secondary N) is 1. The Balaban J connectivity index is 1.56. The standard InChI is InChI=1S/C24H19F2NO5/c1-29-21-12-16-15-5-3-4-6-18(15)31-20(16)13-17(21)27-23(28)10-8-14-7-9-19(32-24(25)26)22(11-14)30-2/h3-13,24H,1-2H3,(H,27,28). The van der Waals surface area contributed by atoms with Crippen LogP contribution in [0.3, 0.4) is 0 Å². The van der Waals surface area contributed by atoms with Crippen molar-refractivity contribution >= 4 is 39.6 Å². The van der Waals surface area contributed by atoms with Crippen LogP contribution in [-0.4, -0.2) is 26.7 Å². The van der Waals surface area contributed by atoms with Gasteiger partial charge in [-0.05, 0) is 35.9 Å². The highest BCUT2D eigenvalue weighted by Crippen LogP contribution is 2.36. The molecule has 0 aliphatic rings. The van der Waals surface area contributed by atoms with Crippen molar-refractivity contribution in [1.29, 1.82) is 0 Å². The zero-order valence-electron chi connectivity index (χ0n) is 17.2. The van der Waals surface area contributed by atoms with Crippen molar-refractivity contribution < 1.29 is 32.2 Å². The lowest BCUT2D eigenvalue weighted by atomic mass is 10.1. The predicted octanol–water partition coefficient (Wildman–Crippen LogP) is 5.86. The Morgan fingerprint density at radius 1 is 0.938 bits per heavy atom. The van der Waals surface area contributed by atoms with E-state index in [1.807, 2.05) is 30.3 Å². The summed E-state index contributed by atoms with van der Waals surface area (Å²) in [6.07, 6.45) is 2.83. The third-order valence-electron chi connectivity index (χ3n) is 4.79. The molecule has 0 fully saturated rings. The van der Waals surface area contributed by atoms with E-state index in [9.17, 15) is 13.6 Å². The third kappa shape index (κ3) is 4.34. The maximum Gasteiger partial charge on any atom is 0.387 e.